The fourth-order valence-corrected chi connectivity index (χ4v) is 3.12. The van der Waals surface area contributed by atoms with Crippen molar-refractivity contribution >= 4 is 17.7 Å². The first-order chi connectivity index (χ1) is 9.64. The molecule has 2 aliphatic carbocycles. The van der Waals surface area contributed by atoms with E-state index in [1.807, 2.05) is 0 Å². The maximum atomic E-state index is 13.7. The molecule has 0 N–H and O–H groups in total. The zero-order valence-electron chi connectivity index (χ0n) is 11.0. The summed E-state index contributed by atoms with van der Waals surface area (Å²) in [5.41, 5.74) is -0.132. The lowest BCUT2D eigenvalue weighted by molar-refractivity contribution is 0.289. The van der Waals surface area contributed by atoms with Crippen molar-refractivity contribution in [2.45, 2.75) is 50.2 Å². The number of hydrogen-bond acceptors (Lipinski definition) is 3. The first-order valence-electron chi connectivity index (χ1n) is 6.90. The molecule has 2 saturated carbocycles. The van der Waals surface area contributed by atoms with Crippen molar-refractivity contribution in [3.63, 3.8) is 0 Å². The number of hydrogen-bond donors (Lipinski definition) is 0. The van der Waals surface area contributed by atoms with Crippen LogP contribution in [-0.2, 0) is 10.3 Å². The number of carbonyl (C=O) groups excluding carboxylic acids is 1. The van der Waals surface area contributed by atoms with Crippen molar-refractivity contribution in [1.82, 2.24) is 0 Å². The molecule has 0 unspecified atom stereocenters. The predicted molar refractivity (Wildman–Crippen MR) is 73.3 cm³/mol. The quantitative estimate of drug-likeness (QED) is 0.619. The highest BCUT2D eigenvalue weighted by Gasteiger charge is 2.40. The van der Waals surface area contributed by atoms with Gasteiger partial charge in [0.2, 0.25) is 6.08 Å². The van der Waals surface area contributed by atoms with Crippen molar-refractivity contribution in [3.8, 4) is 5.75 Å². The van der Waals surface area contributed by atoms with Crippen molar-refractivity contribution < 1.29 is 13.9 Å². The van der Waals surface area contributed by atoms with E-state index >= 15 is 0 Å². The molecule has 0 spiro atoms. The van der Waals surface area contributed by atoms with Gasteiger partial charge in [-0.05, 0) is 37.8 Å². The molecule has 20 heavy (non-hydrogen) atoms. The van der Waals surface area contributed by atoms with Gasteiger partial charge >= 0.3 is 0 Å². The lowest BCUT2D eigenvalue weighted by atomic mass is 9.88. The molecule has 2 aliphatic rings. The number of ether oxygens (including phenoxy) is 1. The Balaban J connectivity index is 2.11. The number of rotatable bonds is 4. The van der Waals surface area contributed by atoms with Crippen LogP contribution in [0.1, 0.15) is 44.1 Å². The summed E-state index contributed by atoms with van der Waals surface area (Å²) >= 11 is 6.14. The van der Waals surface area contributed by atoms with Crippen molar-refractivity contribution in [2.75, 3.05) is 0 Å². The fourth-order valence-electron chi connectivity index (χ4n) is 2.87. The van der Waals surface area contributed by atoms with Gasteiger partial charge in [-0.25, -0.2) is 9.18 Å². The van der Waals surface area contributed by atoms with Gasteiger partial charge in [-0.3, -0.25) is 0 Å². The van der Waals surface area contributed by atoms with E-state index in [2.05, 4.69) is 4.99 Å². The zero-order valence-corrected chi connectivity index (χ0v) is 11.8. The second-order valence-corrected chi connectivity index (χ2v) is 5.93. The summed E-state index contributed by atoms with van der Waals surface area (Å²) in [6.07, 6.45) is 7.04. The lowest BCUT2D eigenvalue weighted by Crippen LogP contribution is -2.21. The molecule has 0 aromatic heterocycles. The van der Waals surface area contributed by atoms with E-state index in [1.165, 1.54) is 12.1 Å². The summed E-state index contributed by atoms with van der Waals surface area (Å²) in [6, 6.07) is 2.64. The van der Waals surface area contributed by atoms with Crippen LogP contribution < -0.4 is 4.74 Å². The van der Waals surface area contributed by atoms with Crippen LogP contribution in [0.4, 0.5) is 4.39 Å². The number of nitrogens with zero attached hydrogens (tertiary/aromatic N) is 1. The summed E-state index contributed by atoms with van der Waals surface area (Å²) < 4.78 is 19.6. The standard InChI is InChI=1S/C15H15ClFNO2/c16-13-8-10(17)7-12(14(13)20-11-3-4-11)15(18-9-19)5-1-2-6-15/h7-8,11H,1-6H2. The minimum absolute atomic E-state index is 0.148. The summed E-state index contributed by atoms with van der Waals surface area (Å²) in [4.78, 5) is 14.8. The Bertz CT molecular complexity index is 573. The van der Waals surface area contributed by atoms with Gasteiger partial charge in [-0.2, -0.15) is 4.99 Å². The Morgan fingerprint density at radius 1 is 1.35 bits per heavy atom. The number of halogens is 2. The van der Waals surface area contributed by atoms with Crippen LogP contribution in [0.2, 0.25) is 5.02 Å². The topological polar surface area (TPSA) is 38.7 Å². The monoisotopic (exact) mass is 295 g/mol. The molecule has 0 bridgehead atoms. The van der Waals surface area contributed by atoms with Gasteiger partial charge in [-0.1, -0.05) is 24.4 Å². The average molecular weight is 296 g/mol. The number of aliphatic imine (C=N–C) groups is 1. The molecule has 1 aromatic carbocycles. The van der Waals surface area contributed by atoms with E-state index in [9.17, 15) is 9.18 Å². The molecule has 0 saturated heterocycles. The van der Waals surface area contributed by atoms with Crippen molar-refractivity contribution in [2.24, 2.45) is 4.99 Å². The zero-order chi connectivity index (χ0) is 14.2. The van der Waals surface area contributed by atoms with Crippen LogP contribution in [0.3, 0.4) is 0 Å². The molecule has 2 fully saturated rings. The molecule has 3 nitrogen and oxygen atoms in total. The second kappa shape index (κ2) is 5.19. The van der Waals surface area contributed by atoms with Crippen LogP contribution in [-0.4, -0.2) is 12.2 Å². The Morgan fingerprint density at radius 3 is 2.65 bits per heavy atom. The Labute approximate surface area is 121 Å². The maximum Gasteiger partial charge on any atom is 0.235 e. The van der Waals surface area contributed by atoms with Gasteiger partial charge < -0.3 is 4.74 Å². The summed E-state index contributed by atoms with van der Waals surface area (Å²) in [5.74, 6) is 0.0528. The van der Waals surface area contributed by atoms with Crippen LogP contribution >= 0.6 is 11.6 Å². The summed E-state index contributed by atoms with van der Waals surface area (Å²) in [5, 5.41) is 0.249. The highest BCUT2D eigenvalue weighted by Crippen LogP contribution is 2.49. The molecule has 5 heteroatoms. The van der Waals surface area contributed by atoms with Gasteiger partial charge in [0, 0.05) is 5.56 Å². The number of isocyanates is 1. The molecular formula is C15H15ClFNO2. The smallest absolute Gasteiger partial charge is 0.235 e. The van der Waals surface area contributed by atoms with Gasteiger partial charge in [0.25, 0.3) is 0 Å². The van der Waals surface area contributed by atoms with E-state index in [1.54, 1.807) is 6.08 Å². The SMILES string of the molecule is O=C=NC1(c2cc(F)cc(Cl)c2OC2CC2)CCCC1. The third-order valence-corrected chi connectivity index (χ3v) is 4.29. The van der Waals surface area contributed by atoms with Gasteiger partial charge in [0.05, 0.1) is 11.1 Å². The molecular weight excluding hydrogens is 281 g/mol. The maximum absolute atomic E-state index is 13.7. The fraction of sp³-hybridized carbons (Fsp3) is 0.533. The Kier molecular flexibility index (Phi) is 3.53. The highest BCUT2D eigenvalue weighted by atomic mass is 35.5. The molecule has 0 amide bonds. The van der Waals surface area contributed by atoms with Crippen molar-refractivity contribution in [3.05, 3.63) is 28.5 Å². The lowest BCUT2D eigenvalue weighted by Gasteiger charge is -2.26. The second-order valence-electron chi connectivity index (χ2n) is 5.52. The number of benzene rings is 1. The average Bonchev–Trinajstić information content (AvgIpc) is 3.10. The van der Waals surface area contributed by atoms with Crippen molar-refractivity contribution in [1.29, 1.82) is 0 Å². The predicted octanol–water partition coefficient (Wildman–Crippen LogP) is 4.13. The Hall–Kier alpha value is -1.38. The summed E-state index contributed by atoms with van der Waals surface area (Å²) in [7, 11) is 0. The molecule has 0 heterocycles. The minimum atomic E-state index is -0.724. The van der Waals surface area contributed by atoms with E-state index in [0.29, 0.717) is 24.2 Å². The van der Waals surface area contributed by atoms with E-state index in [-0.39, 0.29) is 11.1 Å². The third kappa shape index (κ3) is 2.46. The third-order valence-electron chi connectivity index (χ3n) is 4.01. The van der Waals surface area contributed by atoms with E-state index < -0.39 is 11.4 Å². The molecule has 106 valence electrons. The summed E-state index contributed by atoms with van der Waals surface area (Å²) in [6.45, 7) is 0. The van der Waals surface area contributed by atoms with Crippen LogP contribution in [0.5, 0.6) is 5.75 Å². The minimum Gasteiger partial charge on any atom is -0.488 e. The largest absolute Gasteiger partial charge is 0.488 e. The molecule has 0 aliphatic heterocycles. The van der Waals surface area contributed by atoms with E-state index in [4.69, 9.17) is 16.3 Å². The van der Waals surface area contributed by atoms with Crippen LogP contribution in [0.25, 0.3) is 0 Å². The molecule has 0 radical (unpaired) electrons. The van der Waals surface area contributed by atoms with Crippen LogP contribution in [0.15, 0.2) is 17.1 Å². The normalized spacial score (nSPS) is 20.5. The molecule has 0 atom stereocenters. The Morgan fingerprint density at radius 2 is 2.05 bits per heavy atom. The van der Waals surface area contributed by atoms with Crippen LogP contribution in [0, 0.1) is 5.82 Å². The van der Waals surface area contributed by atoms with Gasteiger partial charge in [0.15, 0.2) is 0 Å². The van der Waals surface area contributed by atoms with Gasteiger partial charge in [0.1, 0.15) is 17.1 Å². The van der Waals surface area contributed by atoms with E-state index in [0.717, 1.165) is 25.7 Å². The molecule has 1 aromatic rings. The first-order valence-corrected chi connectivity index (χ1v) is 7.28. The first kappa shape index (κ1) is 13.6. The molecule has 3 rings (SSSR count). The highest BCUT2D eigenvalue weighted by molar-refractivity contribution is 6.32. The van der Waals surface area contributed by atoms with Gasteiger partial charge in [-0.15, -0.1) is 0 Å².